The van der Waals surface area contributed by atoms with Gasteiger partial charge in [0.2, 0.25) is 0 Å². The summed E-state index contributed by atoms with van der Waals surface area (Å²) in [5, 5.41) is 18.6. The largest absolute Gasteiger partial charge is 0.394 e. The van der Waals surface area contributed by atoms with E-state index in [-0.39, 0.29) is 11.3 Å². The SMILES string of the molecule is C#Cc1[nH]c(=O)c(C)cc1[C@@H]1O[C@H](CO)C(O)[C@@H]1F. The van der Waals surface area contributed by atoms with Gasteiger partial charge in [-0.25, -0.2) is 4.39 Å². The van der Waals surface area contributed by atoms with Crippen molar-refractivity contribution in [3.05, 3.63) is 33.2 Å². The van der Waals surface area contributed by atoms with Gasteiger partial charge in [-0.1, -0.05) is 5.92 Å². The number of alkyl halides is 1. The smallest absolute Gasteiger partial charge is 0.251 e. The summed E-state index contributed by atoms with van der Waals surface area (Å²) in [6.07, 6.45) is 0.0328. The number of aliphatic hydroxyl groups is 2. The number of halogens is 1. The van der Waals surface area contributed by atoms with Crippen LogP contribution in [0.1, 0.15) is 22.9 Å². The van der Waals surface area contributed by atoms with Crippen molar-refractivity contribution in [2.45, 2.75) is 31.4 Å². The van der Waals surface area contributed by atoms with Crippen LogP contribution in [0.2, 0.25) is 0 Å². The second-order valence-electron chi connectivity index (χ2n) is 4.47. The van der Waals surface area contributed by atoms with Gasteiger partial charge in [0.15, 0.2) is 6.17 Å². The summed E-state index contributed by atoms with van der Waals surface area (Å²) in [5.74, 6) is 2.26. The van der Waals surface area contributed by atoms with E-state index in [2.05, 4.69) is 10.9 Å². The standard InChI is InChI=1S/C13H14FNO4/c1-3-8-7(4-6(2)13(18)15-8)12-10(14)11(17)9(5-16)19-12/h1,4,9-12,16-17H,5H2,2H3,(H,15,18)/t9-,10+,11?,12+/m1/s1. The predicted octanol–water partition coefficient (Wildman–Crippen LogP) is -0.204. The summed E-state index contributed by atoms with van der Waals surface area (Å²) in [5.41, 5.74) is 0.423. The number of terminal acetylenes is 1. The lowest BCUT2D eigenvalue weighted by Crippen LogP contribution is -2.30. The van der Waals surface area contributed by atoms with Crippen LogP contribution in [0.25, 0.3) is 0 Å². The van der Waals surface area contributed by atoms with E-state index in [1.807, 2.05) is 0 Å². The first-order valence-corrected chi connectivity index (χ1v) is 5.78. The fourth-order valence-electron chi connectivity index (χ4n) is 2.12. The Morgan fingerprint density at radius 1 is 1.63 bits per heavy atom. The van der Waals surface area contributed by atoms with Crippen LogP contribution in [0.3, 0.4) is 0 Å². The molecule has 2 heterocycles. The number of hydrogen-bond acceptors (Lipinski definition) is 4. The minimum atomic E-state index is -1.71. The number of aromatic nitrogens is 1. The van der Waals surface area contributed by atoms with Crippen LogP contribution in [0.15, 0.2) is 10.9 Å². The van der Waals surface area contributed by atoms with Gasteiger partial charge >= 0.3 is 0 Å². The Hall–Kier alpha value is -1.68. The Bertz CT molecular complexity index is 577. The van der Waals surface area contributed by atoms with Gasteiger partial charge in [-0.15, -0.1) is 6.42 Å². The quantitative estimate of drug-likeness (QED) is 0.648. The normalized spacial score (nSPS) is 30.3. The Balaban J connectivity index is 2.46. The van der Waals surface area contributed by atoms with Crippen LogP contribution in [0.4, 0.5) is 4.39 Å². The lowest BCUT2D eigenvalue weighted by atomic mass is 10.00. The van der Waals surface area contributed by atoms with Crippen LogP contribution < -0.4 is 5.56 Å². The average molecular weight is 267 g/mol. The molecule has 4 atom stereocenters. The Morgan fingerprint density at radius 2 is 2.32 bits per heavy atom. The molecule has 0 amide bonds. The Labute approximate surface area is 109 Å². The monoisotopic (exact) mass is 267 g/mol. The van der Waals surface area contributed by atoms with Crippen molar-refractivity contribution in [1.29, 1.82) is 0 Å². The highest BCUT2D eigenvalue weighted by atomic mass is 19.1. The van der Waals surface area contributed by atoms with Crippen molar-refractivity contribution < 1.29 is 19.3 Å². The van der Waals surface area contributed by atoms with Gasteiger partial charge in [0.05, 0.1) is 12.3 Å². The van der Waals surface area contributed by atoms with Gasteiger partial charge in [-0.3, -0.25) is 4.79 Å². The second-order valence-corrected chi connectivity index (χ2v) is 4.47. The number of aromatic amines is 1. The highest BCUT2D eigenvalue weighted by Gasteiger charge is 2.45. The summed E-state index contributed by atoms with van der Waals surface area (Å²) in [6.45, 7) is 1.07. The van der Waals surface area contributed by atoms with Crippen LogP contribution >= 0.6 is 0 Å². The molecule has 0 aliphatic carbocycles. The van der Waals surface area contributed by atoms with Gasteiger partial charge in [0.1, 0.15) is 18.3 Å². The highest BCUT2D eigenvalue weighted by molar-refractivity contribution is 5.38. The molecule has 1 saturated heterocycles. The fourth-order valence-corrected chi connectivity index (χ4v) is 2.12. The zero-order valence-corrected chi connectivity index (χ0v) is 10.3. The molecule has 0 saturated carbocycles. The second kappa shape index (κ2) is 5.13. The number of aryl methyl sites for hydroxylation is 1. The topological polar surface area (TPSA) is 82.6 Å². The first-order chi connectivity index (χ1) is 8.99. The van der Waals surface area contributed by atoms with Crippen molar-refractivity contribution in [2.24, 2.45) is 0 Å². The number of pyridine rings is 1. The van der Waals surface area contributed by atoms with Crippen molar-refractivity contribution in [1.82, 2.24) is 4.98 Å². The molecule has 1 aromatic rings. The van der Waals surface area contributed by atoms with Crippen LogP contribution in [0, 0.1) is 19.3 Å². The summed E-state index contributed by atoms with van der Waals surface area (Å²) in [7, 11) is 0. The zero-order chi connectivity index (χ0) is 14.2. The van der Waals surface area contributed by atoms with E-state index in [1.54, 1.807) is 6.92 Å². The molecule has 19 heavy (non-hydrogen) atoms. The van der Waals surface area contributed by atoms with E-state index in [9.17, 15) is 14.3 Å². The molecule has 102 valence electrons. The van der Waals surface area contributed by atoms with Gasteiger partial charge < -0.3 is 19.9 Å². The average Bonchev–Trinajstić information content (AvgIpc) is 2.69. The summed E-state index contributed by atoms with van der Waals surface area (Å²) < 4.78 is 19.3. The molecule has 1 unspecified atom stereocenters. The predicted molar refractivity (Wildman–Crippen MR) is 65.3 cm³/mol. The molecule has 3 N–H and O–H groups in total. The maximum Gasteiger partial charge on any atom is 0.251 e. The molecule has 0 spiro atoms. The molecule has 6 heteroatoms. The molecule has 1 fully saturated rings. The molecule has 1 aromatic heterocycles. The first kappa shape index (κ1) is 13.7. The number of H-pyrrole nitrogens is 1. The fraction of sp³-hybridized carbons (Fsp3) is 0.462. The number of nitrogens with one attached hydrogen (secondary N) is 1. The summed E-state index contributed by atoms with van der Waals surface area (Å²) in [6, 6.07) is 1.44. The van der Waals surface area contributed by atoms with E-state index in [0.717, 1.165) is 0 Å². The van der Waals surface area contributed by atoms with Gasteiger partial charge in [0.25, 0.3) is 5.56 Å². The van der Waals surface area contributed by atoms with Crippen molar-refractivity contribution >= 4 is 0 Å². The molecule has 1 aliphatic rings. The number of aliphatic hydroxyl groups excluding tert-OH is 2. The van der Waals surface area contributed by atoms with Gasteiger partial charge in [-0.05, 0) is 13.0 Å². The minimum Gasteiger partial charge on any atom is -0.394 e. The molecule has 1 aliphatic heterocycles. The molecule has 0 radical (unpaired) electrons. The number of hydrogen-bond donors (Lipinski definition) is 3. The van der Waals surface area contributed by atoms with Crippen LogP contribution in [-0.2, 0) is 4.74 Å². The number of ether oxygens (including phenoxy) is 1. The minimum absolute atomic E-state index is 0.119. The lowest BCUT2D eigenvalue weighted by molar-refractivity contribution is -0.0227. The summed E-state index contributed by atoms with van der Waals surface area (Å²) in [4.78, 5) is 13.9. The van der Waals surface area contributed by atoms with Gasteiger partial charge in [0, 0.05) is 11.1 Å². The maximum absolute atomic E-state index is 14.0. The van der Waals surface area contributed by atoms with Gasteiger partial charge in [-0.2, -0.15) is 0 Å². The molecular weight excluding hydrogens is 253 g/mol. The first-order valence-electron chi connectivity index (χ1n) is 5.78. The van der Waals surface area contributed by atoms with Crippen LogP contribution in [-0.4, -0.2) is 40.2 Å². The Morgan fingerprint density at radius 3 is 2.84 bits per heavy atom. The number of rotatable bonds is 2. The van der Waals surface area contributed by atoms with Crippen molar-refractivity contribution in [2.75, 3.05) is 6.61 Å². The molecule has 0 aromatic carbocycles. The zero-order valence-electron chi connectivity index (χ0n) is 10.3. The third-order valence-electron chi connectivity index (χ3n) is 3.21. The highest BCUT2D eigenvalue weighted by Crippen LogP contribution is 2.36. The van der Waals surface area contributed by atoms with E-state index in [4.69, 9.17) is 16.3 Å². The molecule has 5 nitrogen and oxygen atoms in total. The van der Waals surface area contributed by atoms with E-state index < -0.39 is 31.1 Å². The lowest BCUT2D eigenvalue weighted by Gasteiger charge is -2.15. The van der Waals surface area contributed by atoms with Crippen molar-refractivity contribution in [3.8, 4) is 12.3 Å². The van der Waals surface area contributed by atoms with Crippen LogP contribution in [0.5, 0.6) is 0 Å². The van der Waals surface area contributed by atoms with E-state index in [1.165, 1.54) is 6.07 Å². The molecule has 2 rings (SSSR count). The maximum atomic E-state index is 14.0. The third-order valence-corrected chi connectivity index (χ3v) is 3.21. The third kappa shape index (κ3) is 2.28. The van der Waals surface area contributed by atoms with Crippen molar-refractivity contribution in [3.63, 3.8) is 0 Å². The van der Waals surface area contributed by atoms with E-state index >= 15 is 0 Å². The molecular formula is C13H14FNO4. The Kier molecular flexibility index (Phi) is 3.71. The summed E-state index contributed by atoms with van der Waals surface area (Å²) >= 11 is 0. The molecule has 0 bridgehead atoms. The van der Waals surface area contributed by atoms with E-state index in [0.29, 0.717) is 11.1 Å².